The molecule has 0 saturated carbocycles. The highest BCUT2D eigenvalue weighted by Gasteiger charge is 2.33. The lowest BCUT2D eigenvalue weighted by Gasteiger charge is -2.13. The molecular formula is C18H12F4N4O. The number of halogens is 4. The molecule has 3 aromatic rings. The summed E-state index contributed by atoms with van der Waals surface area (Å²) in [7, 11) is 0. The molecular weight excluding hydrogens is 364 g/mol. The van der Waals surface area contributed by atoms with Gasteiger partial charge in [-0.3, -0.25) is 4.79 Å². The van der Waals surface area contributed by atoms with E-state index in [0.29, 0.717) is 0 Å². The Balaban J connectivity index is 1.75. The molecule has 0 aliphatic rings. The summed E-state index contributed by atoms with van der Waals surface area (Å²) >= 11 is 0. The van der Waals surface area contributed by atoms with Crippen molar-refractivity contribution < 1.29 is 22.4 Å². The molecule has 2 N–H and O–H groups in total. The monoisotopic (exact) mass is 376 g/mol. The van der Waals surface area contributed by atoms with Crippen molar-refractivity contribution in [3.63, 3.8) is 0 Å². The van der Waals surface area contributed by atoms with Crippen molar-refractivity contribution in [3.8, 4) is 0 Å². The van der Waals surface area contributed by atoms with Gasteiger partial charge in [-0.2, -0.15) is 13.2 Å². The largest absolute Gasteiger partial charge is 0.418 e. The molecule has 2 aromatic carbocycles. The summed E-state index contributed by atoms with van der Waals surface area (Å²) in [5.74, 6) is -1.29. The minimum atomic E-state index is -4.53. The van der Waals surface area contributed by atoms with Crippen molar-refractivity contribution in [2.75, 3.05) is 10.6 Å². The highest BCUT2D eigenvalue weighted by molar-refractivity contribution is 6.02. The zero-order valence-electron chi connectivity index (χ0n) is 13.6. The zero-order chi connectivity index (χ0) is 19.4. The molecule has 0 spiro atoms. The zero-order valence-corrected chi connectivity index (χ0v) is 13.6. The van der Waals surface area contributed by atoms with E-state index in [9.17, 15) is 22.4 Å². The van der Waals surface area contributed by atoms with Crippen molar-refractivity contribution in [1.82, 2.24) is 10.2 Å². The van der Waals surface area contributed by atoms with E-state index in [4.69, 9.17) is 0 Å². The second kappa shape index (κ2) is 7.40. The minimum absolute atomic E-state index is 0.0224. The number of hydrogen-bond donors (Lipinski definition) is 2. The molecule has 0 atom stereocenters. The Bertz CT molecular complexity index is 958. The summed E-state index contributed by atoms with van der Waals surface area (Å²) in [5, 5.41) is 12.2. The van der Waals surface area contributed by atoms with Gasteiger partial charge in [0.05, 0.1) is 16.9 Å². The number of hydrogen-bond acceptors (Lipinski definition) is 4. The molecule has 0 radical (unpaired) electrons. The maximum Gasteiger partial charge on any atom is 0.418 e. The van der Waals surface area contributed by atoms with Gasteiger partial charge >= 0.3 is 6.18 Å². The quantitative estimate of drug-likeness (QED) is 0.652. The Kier molecular flexibility index (Phi) is 5.02. The second-order valence-corrected chi connectivity index (χ2v) is 5.41. The van der Waals surface area contributed by atoms with Gasteiger partial charge in [0, 0.05) is 0 Å². The minimum Gasteiger partial charge on any atom is -0.338 e. The molecule has 0 fully saturated rings. The van der Waals surface area contributed by atoms with Crippen molar-refractivity contribution in [3.05, 3.63) is 77.7 Å². The van der Waals surface area contributed by atoms with Gasteiger partial charge in [-0.25, -0.2) is 4.39 Å². The van der Waals surface area contributed by atoms with E-state index in [1.165, 1.54) is 48.5 Å². The normalized spacial score (nSPS) is 11.1. The molecule has 0 saturated heterocycles. The summed E-state index contributed by atoms with van der Waals surface area (Å²) in [5.41, 5.74) is -1.19. The Morgan fingerprint density at radius 1 is 0.852 bits per heavy atom. The van der Waals surface area contributed by atoms with Crippen LogP contribution in [0, 0.1) is 5.82 Å². The van der Waals surface area contributed by atoms with Crippen LogP contribution in [-0.2, 0) is 6.18 Å². The van der Waals surface area contributed by atoms with Crippen LogP contribution in [0.3, 0.4) is 0 Å². The molecule has 27 heavy (non-hydrogen) atoms. The lowest BCUT2D eigenvalue weighted by Crippen LogP contribution is -2.15. The summed E-state index contributed by atoms with van der Waals surface area (Å²) in [6.45, 7) is 0. The first kappa shape index (κ1) is 18.3. The predicted octanol–water partition coefficient (Wildman–Crippen LogP) is 4.63. The molecule has 9 heteroatoms. The van der Waals surface area contributed by atoms with Gasteiger partial charge in [0.15, 0.2) is 11.5 Å². The summed E-state index contributed by atoms with van der Waals surface area (Å²) in [4.78, 5) is 12.1. The van der Waals surface area contributed by atoms with E-state index in [-0.39, 0.29) is 22.9 Å². The smallest absolute Gasteiger partial charge is 0.338 e. The van der Waals surface area contributed by atoms with E-state index < -0.39 is 23.5 Å². The van der Waals surface area contributed by atoms with E-state index in [1.807, 2.05) is 0 Å². The van der Waals surface area contributed by atoms with E-state index in [1.54, 1.807) is 6.07 Å². The van der Waals surface area contributed by atoms with Gasteiger partial charge in [0.25, 0.3) is 5.91 Å². The number of nitrogens with one attached hydrogen (secondary N) is 2. The number of rotatable bonds is 4. The van der Waals surface area contributed by atoms with Gasteiger partial charge < -0.3 is 10.6 Å². The van der Waals surface area contributed by atoms with E-state index in [2.05, 4.69) is 20.8 Å². The van der Waals surface area contributed by atoms with Crippen LogP contribution in [-0.4, -0.2) is 16.1 Å². The molecule has 138 valence electrons. The molecule has 1 aromatic heterocycles. The number of aromatic nitrogens is 2. The Hall–Kier alpha value is -3.49. The number of benzene rings is 2. The van der Waals surface area contributed by atoms with Crippen molar-refractivity contribution in [2.24, 2.45) is 0 Å². The van der Waals surface area contributed by atoms with Crippen molar-refractivity contribution in [1.29, 1.82) is 0 Å². The van der Waals surface area contributed by atoms with Gasteiger partial charge in [0.1, 0.15) is 5.82 Å². The maximum atomic E-state index is 13.6. The molecule has 0 aliphatic heterocycles. The molecule has 0 bridgehead atoms. The fourth-order valence-electron chi connectivity index (χ4n) is 2.25. The maximum absolute atomic E-state index is 13.6. The average Bonchev–Trinajstić information content (AvgIpc) is 2.64. The Morgan fingerprint density at radius 2 is 1.52 bits per heavy atom. The van der Waals surface area contributed by atoms with Gasteiger partial charge in [-0.05, 0) is 36.4 Å². The van der Waals surface area contributed by atoms with E-state index in [0.717, 1.165) is 6.07 Å². The van der Waals surface area contributed by atoms with Crippen LogP contribution in [0.1, 0.15) is 16.1 Å². The number of alkyl halides is 3. The van der Waals surface area contributed by atoms with Crippen molar-refractivity contribution in [2.45, 2.75) is 6.18 Å². The second-order valence-electron chi connectivity index (χ2n) is 5.41. The standard InChI is InChI=1S/C18H12F4N4O/c19-12-6-2-4-8-14(12)24-17(27)15-9-10-16(26-25-15)23-13-7-3-1-5-11(13)18(20,21)22/h1-10H,(H,23,26)(H,24,27). The Labute approximate surface area is 151 Å². The molecule has 1 amide bonds. The van der Waals surface area contributed by atoms with Crippen LogP contribution in [0.2, 0.25) is 0 Å². The van der Waals surface area contributed by atoms with Crippen LogP contribution in [0.25, 0.3) is 0 Å². The first-order chi connectivity index (χ1) is 12.8. The number of amides is 1. The third kappa shape index (κ3) is 4.38. The van der Waals surface area contributed by atoms with Gasteiger partial charge in [0.2, 0.25) is 0 Å². The number of anilines is 3. The van der Waals surface area contributed by atoms with Crippen LogP contribution < -0.4 is 10.6 Å². The lowest BCUT2D eigenvalue weighted by molar-refractivity contribution is -0.136. The van der Waals surface area contributed by atoms with Gasteiger partial charge in [-0.1, -0.05) is 24.3 Å². The first-order valence-corrected chi connectivity index (χ1v) is 7.67. The van der Waals surface area contributed by atoms with Crippen LogP contribution in [0.5, 0.6) is 0 Å². The molecule has 5 nitrogen and oxygen atoms in total. The molecule has 0 aliphatic carbocycles. The third-order valence-electron chi connectivity index (χ3n) is 3.51. The number of carbonyl (C=O) groups is 1. The summed E-state index contributed by atoms with van der Waals surface area (Å²) < 4.78 is 52.6. The first-order valence-electron chi connectivity index (χ1n) is 7.67. The fraction of sp³-hybridized carbons (Fsp3) is 0.0556. The average molecular weight is 376 g/mol. The molecule has 1 heterocycles. The van der Waals surface area contributed by atoms with E-state index >= 15 is 0 Å². The highest BCUT2D eigenvalue weighted by Crippen LogP contribution is 2.35. The predicted molar refractivity (Wildman–Crippen MR) is 91.1 cm³/mol. The lowest BCUT2D eigenvalue weighted by atomic mass is 10.1. The fourth-order valence-corrected chi connectivity index (χ4v) is 2.25. The third-order valence-corrected chi connectivity index (χ3v) is 3.51. The van der Waals surface area contributed by atoms with Crippen LogP contribution >= 0.6 is 0 Å². The summed E-state index contributed by atoms with van der Waals surface area (Å²) in [6.07, 6.45) is -4.53. The molecule has 3 rings (SSSR count). The topological polar surface area (TPSA) is 66.9 Å². The van der Waals surface area contributed by atoms with Crippen LogP contribution in [0.4, 0.5) is 34.8 Å². The van der Waals surface area contributed by atoms with Crippen molar-refractivity contribution >= 4 is 23.1 Å². The van der Waals surface area contributed by atoms with Gasteiger partial charge in [-0.15, -0.1) is 10.2 Å². The number of carbonyl (C=O) groups excluding carboxylic acids is 1. The Morgan fingerprint density at radius 3 is 2.15 bits per heavy atom. The number of nitrogens with zero attached hydrogens (tertiary/aromatic N) is 2. The highest BCUT2D eigenvalue weighted by atomic mass is 19.4. The molecule has 0 unspecified atom stereocenters. The number of para-hydroxylation sites is 2. The SMILES string of the molecule is O=C(Nc1ccccc1F)c1ccc(Nc2ccccc2C(F)(F)F)nn1. The van der Waals surface area contributed by atoms with Crippen LogP contribution in [0.15, 0.2) is 60.7 Å². The summed E-state index contributed by atoms with van der Waals surface area (Å²) in [6, 6.07) is 13.1.